The molecule has 1 atom stereocenters. The molecule has 9 heteroatoms. The molecule has 0 spiro atoms. The Morgan fingerprint density at radius 3 is 2.45 bits per heavy atom. The molecular formula is C22H19F3N2O3S. The lowest BCUT2D eigenvalue weighted by molar-refractivity contribution is -0.137. The number of carbonyl (C=O) groups is 1. The van der Waals surface area contributed by atoms with E-state index in [0.717, 1.165) is 27.2 Å². The molecule has 0 unspecified atom stereocenters. The van der Waals surface area contributed by atoms with Crippen LogP contribution < -0.4 is 5.32 Å². The third kappa shape index (κ3) is 4.28. The van der Waals surface area contributed by atoms with Crippen molar-refractivity contribution in [2.75, 3.05) is 11.9 Å². The maximum atomic E-state index is 13.2. The van der Waals surface area contributed by atoms with E-state index in [2.05, 4.69) is 5.32 Å². The van der Waals surface area contributed by atoms with Crippen molar-refractivity contribution in [3.05, 3.63) is 72.3 Å². The molecule has 3 aromatic rings. The van der Waals surface area contributed by atoms with Gasteiger partial charge in [0.1, 0.15) is 6.04 Å². The molecule has 0 aromatic heterocycles. The summed E-state index contributed by atoms with van der Waals surface area (Å²) in [5.74, 6) is -0.652. The van der Waals surface area contributed by atoms with Crippen molar-refractivity contribution < 1.29 is 26.4 Å². The van der Waals surface area contributed by atoms with Crippen LogP contribution in [0.1, 0.15) is 18.4 Å². The van der Waals surface area contributed by atoms with E-state index in [4.69, 9.17) is 0 Å². The van der Waals surface area contributed by atoms with Crippen LogP contribution in [0.4, 0.5) is 18.9 Å². The fraction of sp³-hybridized carbons (Fsp3) is 0.227. The minimum atomic E-state index is -4.54. The number of halogens is 3. The van der Waals surface area contributed by atoms with Gasteiger partial charge in [-0.2, -0.15) is 17.5 Å². The first-order valence-corrected chi connectivity index (χ1v) is 11.1. The molecule has 0 bridgehead atoms. The highest BCUT2D eigenvalue weighted by molar-refractivity contribution is 7.89. The Hall–Kier alpha value is -2.91. The normalized spacial score (nSPS) is 17.7. The first-order valence-electron chi connectivity index (χ1n) is 9.65. The van der Waals surface area contributed by atoms with E-state index in [1.807, 2.05) is 12.1 Å². The maximum Gasteiger partial charge on any atom is 0.416 e. The third-order valence-electron chi connectivity index (χ3n) is 5.29. The second kappa shape index (κ2) is 7.97. The van der Waals surface area contributed by atoms with Gasteiger partial charge in [-0.1, -0.05) is 36.4 Å². The quantitative estimate of drug-likeness (QED) is 0.632. The van der Waals surface area contributed by atoms with E-state index in [-0.39, 0.29) is 23.5 Å². The summed E-state index contributed by atoms with van der Waals surface area (Å²) < 4.78 is 66.4. The summed E-state index contributed by atoms with van der Waals surface area (Å²) in [7, 11) is -3.96. The number of carbonyl (C=O) groups excluding carboxylic acids is 1. The van der Waals surface area contributed by atoms with Crippen LogP contribution in [0, 0.1) is 0 Å². The zero-order valence-corrected chi connectivity index (χ0v) is 17.1. The Balaban J connectivity index is 1.58. The van der Waals surface area contributed by atoms with E-state index in [1.54, 1.807) is 24.3 Å². The van der Waals surface area contributed by atoms with Crippen LogP contribution in [0.2, 0.25) is 0 Å². The zero-order valence-electron chi connectivity index (χ0n) is 16.3. The van der Waals surface area contributed by atoms with Crippen molar-refractivity contribution in [2.45, 2.75) is 30.0 Å². The van der Waals surface area contributed by atoms with Gasteiger partial charge in [-0.15, -0.1) is 0 Å². The molecule has 1 N–H and O–H groups in total. The SMILES string of the molecule is O=C(Nc1cccc(C(F)(F)F)c1)[C@H]1CCCN1S(=O)(=O)c1ccc2ccccc2c1. The van der Waals surface area contributed by atoms with Gasteiger partial charge in [-0.3, -0.25) is 4.79 Å². The van der Waals surface area contributed by atoms with Crippen molar-refractivity contribution >= 4 is 32.4 Å². The van der Waals surface area contributed by atoms with Crippen molar-refractivity contribution in [1.82, 2.24) is 4.31 Å². The number of benzene rings is 3. The Labute approximate surface area is 177 Å². The summed E-state index contributed by atoms with van der Waals surface area (Å²) in [5, 5.41) is 4.08. The first kappa shape index (κ1) is 21.3. The van der Waals surface area contributed by atoms with Crippen LogP contribution >= 0.6 is 0 Å². The molecule has 0 radical (unpaired) electrons. The van der Waals surface area contributed by atoms with E-state index in [0.29, 0.717) is 6.42 Å². The van der Waals surface area contributed by atoms with Crippen molar-refractivity contribution in [3.63, 3.8) is 0 Å². The molecule has 1 saturated heterocycles. The molecule has 4 rings (SSSR count). The Kier molecular flexibility index (Phi) is 5.49. The number of nitrogens with one attached hydrogen (secondary N) is 1. The predicted octanol–water partition coefficient (Wildman–Crippen LogP) is 4.65. The number of hydrogen-bond donors (Lipinski definition) is 1. The van der Waals surface area contributed by atoms with E-state index >= 15 is 0 Å². The van der Waals surface area contributed by atoms with Crippen molar-refractivity contribution in [1.29, 1.82) is 0 Å². The van der Waals surface area contributed by atoms with E-state index in [9.17, 15) is 26.4 Å². The summed E-state index contributed by atoms with van der Waals surface area (Å²) in [6, 6.07) is 15.4. The number of fused-ring (bicyclic) bond motifs is 1. The third-order valence-corrected chi connectivity index (χ3v) is 7.20. The van der Waals surface area contributed by atoms with Crippen LogP contribution in [0.25, 0.3) is 10.8 Å². The van der Waals surface area contributed by atoms with Gasteiger partial charge in [-0.05, 0) is 53.9 Å². The molecular weight excluding hydrogens is 429 g/mol. The maximum absolute atomic E-state index is 13.2. The van der Waals surface area contributed by atoms with E-state index in [1.165, 1.54) is 18.2 Å². The lowest BCUT2D eigenvalue weighted by atomic mass is 10.1. The largest absolute Gasteiger partial charge is 0.416 e. The number of rotatable bonds is 4. The molecule has 0 saturated carbocycles. The lowest BCUT2D eigenvalue weighted by Gasteiger charge is -2.23. The summed E-state index contributed by atoms with van der Waals surface area (Å²) in [4.78, 5) is 12.9. The fourth-order valence-electron chi connectivity index (χ4n) is 3.75. The standard InChI is InChI=1S/C22H19F3N2O3S/c23-22(24,25)17-7-3-8-18(14-17)26-21(28)20-9-4-12-27(20)31(29,30)19-11-10-15-5-1-2-6-16(15)13-19/h1-3,5-8,10-11,13-14,20H,4,9,12H2,(H,26,28)/t20-/m1/s1. The van der Waals surface area contributed by atoms with Crippen molar-refractivity contribution in [2.24, 2.45) is 0 Å². The van der Waals surface area contributed by atoms with E-state index < -0.39 is 33.7 Å². The molecule has 0 aliphatic carbocycles. The zero-order chi connectivity index (χ0) is 22.2. The summed E-state index contributed by atoms with van der Waals surface area (Å²) >= 11 is 0. The van der Waals surface area contributed by atoms with Gasteiger partial charge in [0.25, 0.3) is 0 Å². The minimum Gasteiger partial charge on any atom is -0.325 e. The number of sulfonamides is 1. The highest BCUT2D eigenvalue weighted by atomic mass is 32.2. The van der Waals surface area contributed by atoms with Gasteiger partial charge in [0.05, 0.1) is 10.5 Å². The first-order chi connectivity index (χ1) is 14.7. The molecule has 31 heavy (non-hydrogen) atoms. The summed E-state index contributed by atoms with van der Waals surface area (Å²) in [6.45, 7) is 0.163. The second-order valence-electron chi connectivity index (χ2n) is 7.35. The van der Waals surface area contributed by atoms with Crippen molar-refractivity contribution in [3.8, 4) is 0 Å². The van der Waals surface area contributed by atoms with Gasteiger partial charge in [0, 0.05) is 12.2 Å². The molecule has 162 valence electrons. The molecule has 1 amide bonds. The fourth-order valence-corrected chi connectivity index (χ4v) is 5.44. The number of nitrogens with zero attached hydrogens (tertiary/aromatic N) is 1. The van der Waals surface area contributed by atoms with Crippen LogP contribution in [0.5, 0.6) is 0 Å². The Morgan fingerprint density at radius 2 is 1.71 bits per heavy atom. The Bertz CT molecular complexity index is 1240. The smallest absolute Gasteiger partial charge is 0.325 e. The van der Waals surface area contributed by atoms with Gasteiger partial charge >= 0.3 is 6.18 Å². The minimum absolute atomic E-state index is 0.0326. The number of alkyl halides is 3. The highest BCUT2D eigenvalue weighted by Gasteiger charge is 2.39. The average Bonchev–Trinajstić information content (AvgIpc) is 3.24. The topological polar surface area (TPSA) is 66.5 Å². The molecule has 1 heterocycles. The number of hydrogen-bond acceptors (Lipinski definition) is 3. The van der Waals surface area contributed by atoms with Gasteiger partial charge in [-0.25, -0.2) is 8.42 Å². The Morgan fingerprint density at radius 1 is 0.968 bits per heavy atom. The summed E-state index contributed by atoms with van der Waals surface area (Å²) in [6.07, 6.45) is -3.77. The average molecular weight is 448 g/mol. The van der Waals surface area contributed by atoms with Crippen LogP contribution in [-0.2, 0) is 21.0 Å². The predicted molar refractivity (Wildman–Crippen MR) is 111 cm³/mol. The molecule has 5 nitrogen and oxygen atoms in total. The summed E-state index contributed by atoms with van der Waals surface area (Å²) in [5.41, 5.74) is -0.924. The molecule has 1 aliphatic heterocycles. The van der Waals surface area contributed by atoms with Gasteiger partial charge < -0.3 is 5.32 Å². The number of anilines is 1. The molecule has 1 aliphatic rings. The monoisotopic (exact) mass is 448 g/mol. The lowest BCUT2D eigenvalue weighted by Crippen LogP contribution is -2.43. The molecule has 1 fully saturated rings. The van der Waals surface area contributed by atoms with Gasteiger partial charge in [0.15, 0.2) is 0 Å². The van der Waals surface area contributed by atoms with Gasteiger partial charge in [0.2, 0.25) is 15.9 Å². The second-order valence-corrected chi connectivity index (χ2v) is 9.24. The number of amides is 1. The van der Waals surface area contributed by atoms with Crippen LogP contribution in [-0.4, -0.2) is 31.2 Å². The molecule has 3 aromatic carbocycles. The van der Waals surface area contributed by atoms with Crippen LogP contribution in [0.3, 0.4) is 0 Å². The van der Waals surface area contributed by atoms with Crippen LogP contribution in [0.15, 0.2) is 71.6 Å². The highest BCUT2D eigenvalue weighted by Crippen LogP contribution is 2.32.